The Kier molecular flexibility index (Phi) is 5.53. The summed E-state index contributed by atoms with van der Waals surface area (Å²) in [6.45, 7) is 3.26. The van der Waals surface area contributed by atoms with Gasteiger partial charge in [0.15, 0.2) is 5.89 Å². The minimum absolute atomic E-state index is 0.0883. The summed E-state index contributed by atoms with van der Waals surface area (Å²) in [4.78, 5) is 23.3. The number of halogens is 1. The lowest BCUT2D eigenvalue weighted by Gasteiger charge is -2.37. The number of carbonyl (C=O) groups is 1. The minimum atomic E-state index is -0.275. The third kappa shape index (κ3) is 3.92. The molecular weight excluding hydrogens is 385 g/mol. The fraction of sp³-hybridized carbons (Fsp3) is 0.348. The topological polar surface area (TPSA) is 68.5 Å². The van der Waals surface area contributed by atoms with Crippen LogP contribution in [0.25, 0.3) is 0 Å². The number of ether oxygens (including phenoxy) is 1. The van der Waals surface area contributed by atoms with E-state index in [1.54, 1.807) is 42.7 Å². The second-order valence-corrected chi connectivity index (χ2v) is 7.81. The number of hydrogen-bond acceptors (Lipinski definition) is 5. The monoisotopic (exact) mass is 409 g/mol. The number of pyridine rings is 1. The van der Waals surface area contributed by atoms with Crippen molar-refractivity contribution >= 4 is 5.91 Å². The zero-order valence-corrected chi connectivity index (χ0v) is 17.1. The van der Waals surface area contributed by atoms with Gasteiger partial charge in [-0.3, -0.25) is 4.79 Å². The summed E-state index contributed by atoms with van der Waals surface area (Å²) in [5.74, 6) is 1.27. The summed E-state index contributed by atoms with van der Waals surface area (Å²) in [6.07, 6.45) is 5.08. The van der Waals surface area contributed by atoms with Crippen molar-refractivity contribution in [2.24, 2.45) is 0 Å². The van der Waals surface area contributed by atoms with E-state index in [1.165, 1.54) is 13.2 Å². The lowest BCUT2D eigenvalue weighted by molar-refractivity contribution is 0.0653. The van der Waals surface area contributed by atoms with Crippen molar-refractivity contribution in [1.82, 2.24) is 14.9 Å². The van der Waals surface area contributed by atoms with E-state index in [1.807, 2.05) is 4.90 Å². The Morgan fingerprint density at radius 2 is 1.97 bits per heavy atom. The maximum atomic E-state index is 13.9. The van der Waals surface area contributed by atoms with Gasteiger partial charge >= 0.3 is 0 Å². The number of aromatic nitrogens is 2. The van der Waals surface area contributed by atoms with Crippen LogP contribution in [0.4, 0.5) is 4.39 Å². The number of methoxy groups -OCH3 is 1. The quantitative estimate of drug-likeness (QED) is 0.637. The molecule has 2 aromatic heterocycles. The lowest BCUT2D eigenvalue weighted by Crippen LogP contribution is -2.44. The number of carbonyl (C=O) groups excluding carboxylic acids is 1. The molecule has 0 saturated carbocycles. The average Bonchev–Trinajstić information content (AvgIpc) is 3.25. The Bertz CT molecular complexity index is 1040. The van der Waals surface area contributed by atoms with E-state index in [0.717, 1.165) is 12.8 Å². The Labute approximate surface area is 174 Å². The molecule has 1 aromatic carbocycles. The standard InChI is InChI=1S/C23H24FN3O3/c1-23(22-26-15-17(30-22)14-16-6-3-4-8-19(16)24)9-12-27(13-10-23)21(28)18-7-5-11-25-20(18)29-2/h3-8,11,15H,9-10,12-14H2,1-2H3. The van der Waals surface area contributed by atoms with Gasteiger partial charge in [-0.25, -0.2) is 14.4 Å². The van der Waals surface area contributed by atoms with Crippen LogP contribution in [0.5, 0.6) is 5.88 Å². The van der Waals surface area contributed by atoms with Gasteiger partial charge < -0.3 is 14.1 Å². The van der Waals surface area contributed by atoms with Crippen molar-refractivity contribution < 1.29 is 18.3 Å². The van der Waals surface area contributed by atoms with Gasteiger partial charge in [-0.1, -0.05) is 25.1 Å². The first-order chi connectivity index (χ1) is 14.5. The van der Waals surface area contributed by atoms with Gasteiger partial charge in [-0.2, -0.15) is 0 Å². The van der Waals surface area contributed by atoms with Crippen molar-refractivity contribution in [3.05, 3.63) is 77.4 Å². The molecule has 0 radical (unpaired) electrons. The van der Waals surface area contributed by atoms with Crippen LogP contribution in [-0.2, 0) is 11.8 Å². The normalized spacial score (nSPS) is 15.8. The van der Waals surface area contributed by atoms with Gasteiger partial charge in [0.25, 0.3) is 5.91 Å². The van der Waals surface area contributed by atoms with Crippen molar-refractivity contribution in [2.75, 3.05) is 20.2 Å². The molecule has 0 bridgehead atoms. The summed E-state index contributed by atoms with van der Waals surface area (Å²) in [5.41, 5.74) is 0.770. The van der Waals surface area contributed by atoms with Crippen LogP contribution in [0.3, 0.4) is 0 Å². The molecule has 0 N–H and O–H groups in total. The highest BCUT2D eigenvalue weighted by molar-refractivity contribution is 5.96. The molecule has 6 nitrogen and oxygen atoms in total. The van der Waals surface area contributed by atoms with Gasteiger partial charge in [0, 0.05) is 31.1 Å². The fourth-order valence-electron chi connectivity index (χ4n) is 3.80. The molecule has 7 heteroatoms. The molecule has 1 amide bonds. The maximum absolute atomic E-state index is 13.9. The molecule has 0 aliphatic carbocycles. The maximum Gasteiger partial charge on any atom is 0.259 e. The first-order valence-corrected chi connectivity index (χ1v) is 9.97. The molecule has 1 aliphatic rings. The number of rotatable bonds is 5. The van der Waals surface area contributed by atoms with E-state index in [2.05, 4.69) is 16.9 Å². The second kappa shape index (κ2) is 8.26. The van der Waals surface area contributed by atoms with E-state index in [9.17, 15) is 9.18 Å². The Balaban J connectivity index is 1.43. The van der Waals surface area contributed by atoms with E-state index in [0.29, 0.717) is 48.2 Å². The van der Waals surface area contributed by atoms with E-state index >= 15 is 0 Å². The molecule has 3 heterocycles. The first-order valence-electron chi connectivity index (χ1n) is 9.97. The lowest BCUT2D eigenvalue weighted by atomic mass is 9.80. The summed E-state index contributed by atoms with van der Waals surface area (Å²) in [5, 5.41) is 0. The number of hydrogen-bond donors (Lipinski definition) is 0. The van der Waals surface area contributed by atoms with Crippen LogP contribution < -0.4 is 4.74 Å². The number of benzene rings is 1. The van der Waals surface area contributed by atoms with Gasteiger partial charge in [-0.05, 0) is 36.6 Å². The highest BCUT2D eigenvalue weighted by Gasteiger charge is 2.38. The van der Waals surface area contributed by atoms with Gasteiger partial charge in [0.2, 0.25) is 5.88 Å². The predicted octanol–water partition coefficient (Wildman–Crippen LogP) is 4.00. The zero-order chi connectivity index (χ0) is 21.1. The summed E-state index contributed by atoms with van der Waals surface area (Å²) < 4.78 is 25.1. The summed E-state index contributed by atoms with van der Waals surface area (Å²) >= 11 is 0. The van der Waals surface area contributed by atoms with Crippen LogP contribution in [0, 0.1) is 5.82 Å². The average molecular weight is 409 g/mol. The molecule has 30 heavy (non-hydrogen) atoms. The Hall–Kier alpha value is -3.22. The van der Waals surface area contributed by atoms with Crippen molar-refractivity contribution in [2.45, 2.75) is 31.6 Å². The third-order valence-electron chi connectivity index (χ3n) is 5.74. The van der Waals surface area contributed by atoms with E-state index < -0.39 is 0 Å². The number of piperidine rings is 1. The number of likely N-dealkylation sites (tertiary alicyclic amines) is 1. The first kappa shape index (κ1) is 20.1. The molecule has 1 fully saturated rings. The molecule has 1 aliphatic heterocycles. The Morgan fingerprint density at radius 3 is 2.70 bits per heavy atom. The molecule has 0 unspecified atom stereocenters. The molecule has 0 atom stereocenters. The van der Waals surface area contributed by atoms with Crippen LogP contribution in [-0.4, -0.2) is 41.0 Å². The second-order valence-electron chi connectivity index (χ2n) is 7.81. The highest BCUT2D eigenvalue weighted by Crippen LogP contribution is 2.35. The predicted molar refractivity (Wildman–Crippen MR) is 109 cm³/mol. The molecule has 0 spiro atoms. The highest BCUT2D eigenvalue weighted by atomic mass is 19.1. The molecule has 4 rings (SSSR count). The number of nitrogens with zero attached hydrogens (tertiary/aromatic N) is 3. The third-order valence-corrected chi connectivity index (χ3v) is 5.74. The summed E-state index contributed by atoms with van der Waals surface area (Å²) in [6, 6.07) is 10.1. The van der Waals surface area contributed by atoms with Crippen LogP contribution in [0.15, 0.2) is 53.2 Å². The van der Waals surface area contributed by atoms with Crippen molar-refractivity contribution in [3.63, 3.8) is 0 Å². The fourth-order valence-corrected chi connectivity index (χ4v) is 3.80. The van der Waals surface area contributed by atoms with Crippen molar-refractivity contribution in [1.29, 1.82) is 0 Å². The van der Waals surface area contributed by atoms with Crippen LogP contribution >= 0.6 is 0 Å². The minimum Gasteiger partial charge on any atom is -0.480 e. The van der Waals surface area contributed by atoms with Crippen LogP contribution in [0.1, 0.15) is 47.3 Å². The van der Waals surface area contributed by atoms with Gasteiger partial charge in [-0.15, -0.1) is 0 Å². The molecular formula is C23H24FN3O3. The van der Waals surface area contributed by atoms with E-state index in [4.69, 9.17) is 9.15 Å². The zero-order valence-electron chi connectivity index (χ0n) is 17.1. The van der Waals surface area contributed by atoms with Gasteiger partial charge in [0.1, 0.15) is 17.1 Å². The largest absolute Gasteiger partial charge is 0.480 e. The van der Waals surface area contributed by atoms with Gasteiger partial charge in [0.05, 0.1) is 13.3 Å². The number of oxazole rings is 1. The molecule has 3 aromatic rings. The summed E-state index contributed by atoms with van der Waals surface area (Å²) in [7, 11) is 1.51. The molecule has 156 valence electrons. The molecule has 1 saturated heterocycles. The van der Waals surface area contributed by atoms with E-state index in [-0.39, 0.29) is 17.1 Å². The van der Waals surface area contributed by atoms with Crippen molar-refractivity contribution in [3.8, 4) is 5.88 Å². The smallest absolute Gasteiger partial charge is 0.259 e. The Morgan fingerprint density at radius 1 is 1.20 bits per heavy atom. The number of amides is 1. The SMILES string of the molecule is COc1ncccc1C(=O)N1CCC(C)(c2ncc(Cc3ccccc3F)o2)CC1. The van der Waals surface area contributed by atoms with Crippen LogP contribution in [0.2, 0.25) is 0 Å².